The highest BCUT2D eigenvalue weighted by molar-refractivity contribution is 5.83. The molecular formula is C18H36N4. The molecule has 0 fully saturated rings. The van der Waals surface area contributed by atoms with Crippen molar-refractivity contribution in [3.8, 4) is 0 Å². The molecule has 4 nitrogen and oxygen atoms in total. The third kappa shape index (κ3) is 9.59. The molecule has 22 heavy (non-hydrogen) atoms. The first-order valence-electron chi connectivity index (χ1n) is 8.45. The third-order valence-corrected chi connectivity index (χ3v) is 3.58. The highest BCUT2D eigenvalue weighted by Crippen LogP contribution is 2.14. The van der Waals surface area contributed by atoms with E-state index in [1.807, 2.05) is 13.8 Å². The number of hydrogen-bond donors (Lipinski definition) is 2. The second-order valence-electron chi connectivity index (χ2n) is 6.94. The van der Waals surface area contributed by atoms with Gasteiger partial charge in [0.1, 0.15) is 0 Å². The van der Waals surface area contributed by atoms with Gasteiger partial charge in [-0.2, -0.15) is 0 Å². The van der Waals surface area contributed by atoms with Crippen LogP contribution in [0.25, 0.3) is 0 Å². The fourth-order valence-electron chi connectivity index (χ4n) is 2.14. The Labute approximate surface area is 137 Å². The van der Waals surface area contributed by atoms with Gasteiger partial charge in [-0.1, -0.05) is 32.4 Å². The van der Waals surface area contributed by atoms with Gasteiger partial charge in [-0.15, -0.1) is 0 Å². The lowest BCUT2D eigenvalue weighted by atomic mass is 9.99. The molecule has 2 atom stereocenters. The van der Waals surface area contributed by atoms with E-state index in [1.54, 1.807) is 0 Å². The molecule has 0 aromatic carbocycles. The van der Waals surface area contributed by atoms with Gasteiger partial charge in [-0.3, -0.25) is 9.98 Å². The fraction of sp³-hybridized carbons (Fsp3) is 0.778. The number of amidine groups is 2. The van der Waals surface area contributed by atoms with Gasteiger partial charge < -0.3 is 11.5 Å². The van der Waals surface area contributed by atoms with Crippen LogP contribution < -0.4 is 11.5 Å². The van der Waals surface area contributed by atoms with Gasteiger partial charge in [0.2, 0.25) is 0 Å². The number of nitrogens with two attached hydrogens (primary N) is 2. The second kappa shape index (κ2) is 10.4. The Kier molecular flexibility index (Phi) is 9.79. The van der Waals surface area contributed by atoms with Crippen molar-refractivity contribution in [1.82, 2.24) is 0 Å². The molecule has 4 N–H and O–H groups in total. The monoisotopic (exact) mass is 308 g/mol. The Morgan fingerprint density at radius 1 is 0.955 bits per heavy atom. The molecule has 0 aromatic rings. The number of nitrogens with zero attached hydrogens (tertiary/aromatic N) is 2. The molecule has 0 saturated heterocycles. The van der Waals surface area contributed by atoms with E-state index in [0.29, 0.717) is 11.8 Å². The molecule has 0 aliphatic heterocycles. The second-order valence-corrected chi connectivity index (χ2v) is 6.94. The van der Waals surface area contributed by atoms with Crippen LogP contribution in [0.15, 0.2) is 21.6 Å². The predicted molar refractivity (Wildman–Crippen MR) is 99.5 cm³/mol. The summed E-state index contributed by atoms with van der Waals surface area (Å²) in [6.45, 7) is 14.7. The normalized spacial score (nSPS) is 17.2. The number of rotatable bonds is 9. The average molecular weight is 309 g/mol. The Morgan fingerprint density at radius 2 is 1.55 bits per heavy atom. The van der Waals surface area contributed by atoms with E-state index in [0.717, 1.165) is 30.9 Å². The SMILES string of the molecule is C/C(=C\CCC(C)N=C(N)C(C)C)CC(C)C(N)=NC(C)C. The van der Waals surface area contributed by atoms with Crippen molar-refractivity contribution in [2.45, 2.75) is 79.8 Å². The lowest BCUT2D eigenvalue weighted by molar-refractivity contribution is 0.662. The Balaban J connectivity index is 4.32. The quantitative estimate of drug-likeness (QED) is 0.385. The number of aliphatic imine (C=N–C) groups is 2. The van der Waals surface area contributed by atoms with E-state index in [-0.39, 0.29) is 12.1 Å². The molecule has 0 saturated carbocycles. The van der Waals surface area contributed by atoms with E-state index in [2.05, 4.69) is 50.7 Å². The fourth-order valence-corrected chi connectivity index (χ4v) is 2.14. The van der Waals surface area contributed by atoms with E-state index >= 15 is 0 Å². The highest BCUT2D eigenvalue weighted by Gasteiger charge is 2.08. The van der Waals surface area contributed by atoms with Gasteiger partial charge in [-0.05, 0) is 47.0 Å². The molecule has 2 unspecified atom stereocenters. The van der Waals surface area contributed by atoms with Crippen molar-refractivity contribution in [3.05, 3.63) is 11.6 Å². The van der Waals surface area contributed by atoms with Crippen LogP contribution in [0.2, 0.25) is 0 Å². The summed E-state index contributed by atoms with van der Waals surface area (Å²) in [6.07, 6.45) is 5.30. The van der Waals surface area contributed by atoms with Gasteiger partial charge >= 0.3 is 0 Å². The van der Waals surface area contributed by atoms with Crippen molar-refractivity contribution >= 4 is 11.7 Å². The maximum absolute atomic E-state index is 6.02. The minimum absolute atomic E-state index is 0.261. The van der Waals surface area contributed by atoms with Crippen LogP contribution in [0, 0.1) is 11.8 Å². The zero-order valence-electron chi connectivity index (χ0n) is 15.6. The molecule has 0 aromatic heterocycles. The molecule has 0 aliphatic carbocycles. The molecule has 0 spiro atoms. The molecule has 128 valence electrons. The van der Waals surface area contributed by atoms with Crippen molar-refractivity contribution < 1.29 is 0 Å². The van der Waals surface area contributed by atoms with E-state index < -0.39 is 0 Å². The molecule has 0 amide bonds. The molecule has 0 aliphatic rings. The van der Waals surface area contributed by atoms with Crippen molar-refractivity contribution in [2.24, 2.45) is 33.3 Å². The molecule has 0 heterocycles. The van der Waals surface area contributed by atoms with Crippen LogP contribution in [0.3, 0.4) is 0 Å². The van der Waals surface area contributed by atoms with Crippen LogP contribution >= 0.6 is 0 Å². The zero-order valence-corrected chi connectivity index (χ0v) is 15.6. The highest BCUT2D eigenvalue weighted by atomic mass is 14.9. The molecular weight excluding hydrogens is 272 g/mol. The number of allylic oxidation sites excluding steroid dienone is 2. The summed E-state index contributed by atoms with van der Waals surface area (Å²) in [4.78, 5) is 8.94. The summed E-state index contributed by atoms with van der Waals surface area (Å²) in [5, 5.41) is 0. The minimum Gasteiger partial charge on any atom is -0.387 e. The molecule has 4 heteroatoms. The maximum Gasteiger partial charge on any atom is 0.0972 e. The summed E-state index contributed by atoms with van der Waals surface area (Å²) in [5.41, 5.74) is 13.3. The van der Waals surface area contributed by atoms with Gasteiger partial charge in [0.05, 0.1) is 11.7 Å². The van der Waals surface area contributed by atoms with Crippen LogP contribution in [0.4, 0.5) is 0 Å². The Morgan fingerprint density at radius 3 is 2.05 bits per heavy atom. The van der Waals surface area contributed by atoms with Crippen molar-refractivity contribution in [1.29, 1.82) is 0 Å². The Hall–Kier alpha value is -1.32. The summed E-state index contributed by atoms with van der Waals surface area (Å²) in [7, 11) is 0. The first kappa shape index (κ1) is 20.7. The van der Waals surface area contributed by atoms with Gasteiger partial charge in [0.25, 0.3) is 0 Å². The van der Waals surface area contributed by atoms with E-state index in [1.165, 1.54) is 5.57 Å². The standard InChI is InChI=1S/C18H36N4/c1-12(2)17(19)22-16(7)10-8-9-14(5)11-15(6)18(20)21-13(3)4/h9,12-13,15-16H,8,10-11H2,1-7H3,(H2,19,22)(H2,20,21)/b14-9+. The molecule has 0 bridgehead atoms. The first-order chi connectivity index (χ1) is 10.1. The number of hydrogen-bond acceptors (Lipinski definition) is 2. The smallest absolute Gasteiger partial charge is 0.0972 e. The zero-order chi connectivity index (χ0) is 17.3. The summed E-state index contributed by atoms with van der Waals surface area (Å²) in [5.74, 6) is 2.12. The lowest BCUT2D eigenvalue weighted by Gasteiger charge is -2.13. The van der Waals surface area contributed by atoms with Crippen LogP contribution in [-0.2, 0) is 0 Å². The van der Waals surface area contributed by atoms with Crippen molar-refractivity contribution in [3.63, 3.8) is 0 Å². The first-order valence-corrected chi connectivity index (χ1v) is 8.45. The van der Waals surface area contributed by atoms with Gasteiger partial charge in [0, 0.05) is 23.9 Å². The topological polar surface area (TPSA) is 76.8 Å². The maximum atomic E-state index is 6.02. The Bertz CT molecular complexity index is 405. The van der Waals surface area contributed by atoms with Gasteiger partial charge in [-0.25, -0.2) is 0 Å². The van der Waals surface area contributed by atoms with Gasteiger partial charge in [0.15, 0.2) is 0 Å². The summed E-state index contributed by atoms with van der Waals surface area (Å²) < 4.78 is 0. The molecule has 0 radical (unpaired) electrons. The largest absolute Gasteiger partial charge is 0.387 e. The van der Waals surface area contributed by atoms with Crippen LogP contribution in [0.5, 0.6) is 0 Å². The summed E-state index contributed by atoms with van der Waals surface area (Å²) >= 11 is 0. The molecule has 0 rings (SSSR count). The average Bonchev–Trinajstić information content (AvgIpc) is 2.37. The predicted octanol–water partition coefficient (Wildman–Crippen LogP) is 3.91. The summed E-state index contributed by atoms with van der Waals surface area (Å²) in [6, 6.07) is 0.535. The van der Waals surface area contributed by atoms with Crippen molar-refractivity contribution in [2.75, 3.05) is 0 Å². The van der Waals surface area contributed by atoms with Crippen LogP contribution in [-0.4, -0.2) is 23.8 Å². The van der Waals surface area contributed by atoms with E-state index in [4.69, 9.17) is 11.5 Å². The third-order valence-electron chi connectivity index (χ3n) is 3.58. The lowest BCUT2D eigenvalue weighted by Crippen LogP contribution is -2.23. The van der Waals surface area contributed by atoms with E-state index in [9.17, 15) is 0 Å². The minimum atomic E-state index is 0.261. The van der Waals surface area contributed by atoms with Crippen LogP contribution in [0.1, 0.15) is 67.7 Å².